The number of aromatic nitrogens is 1. The van der Waals surface area contributed by atoms with Crippen molar-refractivity contribution in [2.24, 2.45) is 0 Å². The van der Waals surface area contributed by atoms with Crippen LogP contribution in [0.5, 0.6) is 5.88 Å². The normalized spacial score (nSPS) is 10.5. The van der Waals surface area contributed by atoms with Gasteiger partial charge >= 0.3 is 0 Å². The number of carbonyl (C=O) groups is 1. The predicted octanol–water partition coefficient (Wildman–Crippen LogP) is 3.47. The van der Waals surface area contributed by atoms with E-state index in [-0.39, 0.29) is 11.1 Å². The third-order valence-corrected chi connectivity index (χ3v) is 3.12. The molecule has 2 aromatic rings. The molecule has 0 aliphatic rings. The van der Waals surface area contributed by atoms with Gasteiger partial charge in [0, 0.05) is 22.0 Å². The van der Waals surface area contributed by atoms with Gasteiger partial charge in [0.25, 0.3) is 0 Å². The van der Waals surface area contributed by atoms with Gasteiger partial charge in [0.15, 0.2) is 5.78 Å². The molecule has 2 rings (SSSR count). The van der Waals surface area contributed by atoms with E-state index in [9.17, 15) is 4.79 Å². The largest absolute Gasteiger partial charge is 0.481 e. The van der Waals surface area contributed by atoms with E-state index in [1.165, 1.54) is 7.11 Å². The van der Waals surface area contributed by atoms with Crippen LogP contribution in [0.2, 0.25) is 5.02 Å². The van der Waals surface area contributed by atoms with Crippen LogP contribution in [0.25, 0.3) is 10.9 Å². The van der Waals surface area contributed by atoms with Gasteiger partial charge in [-0.2, -0.15) is 0 Å². The van der Waals surface area contributed by atoms with Crippen molar-refractivity contribution in [2.45, 2.75) is 0 Å². The topological polar surface area (TPSA) is 39.2 Å². The highest BCUT2D eigenvalue weighted by Gasteiger charge is 2.12. The molecule has 0 saturated heterocycles. The average molecular weight is 315 g/mol. The molecule has 0 N–H and O–H groups in total. The van der Waals surface area contributed by atoms with Crippen LogP contribution in [0.3, 0.4) is 0 Å². The summed E-state index contributed by atoms with van der Waals surface area (Å²) in [5.74, 6) is 0.391. The number of alkyl halides is 1. The first-order valence-corrected chi connectivity index (χ1v) is 6.39. The van der Waals surface area contributed by atoms with E-state index < -0.39 is 0 Å². The maximum atomic E-state index is 11.8. The third-order valence-electron chi connectivity index (χ3n) is 2.38. The molecule has 88 valence electrons. The van der Waals surface area contributed by atoms with Gasteiger partial charge in [-0.3, -0.25) is 4.79 Å². The van der Waals surface area contributed by atoms with Crippen LogP contribution in [0.4, 0.5) is 0 Å². The summed E-state index contributed by atoms with van der Waals surface area (Å²) in [6.07, 6.45) is 0. The van der Waals surface area contributed by atoms with E-state index in [4.69, 9.17) is 16.3 Å². The number of ketones is 1. The zero-order valence-corrected chi connectivity index (χ0v) is 11.4. The van der Waals surface area contributed by atoms with Crippen LogP contribution in [-0.2, 0) is 0 Å². The van der Waals surface area contributed by atoms with Gasteiger partial charge < -0.3 is 4.74 Å². The lowest BCUT2D eigenvalue weighted by atomic mass is 10.1. The number of halogens is 2. The second-order valence-electron chi connectivity index (χ2n) is 3.43. The van der Waals surface area contributed by atoms with Crippen LogP contribution in [0.15, 0.2) is 24.3 Å². The second kappa shape index (κ2) is 5.02. The quantitative estimate of drug-likeness (QED) is 0.643. The highest BCUT2D eigenvalue weighted by molar-refractivity contribution is 9.09. The predicted molar refractivity (Wildman–Crippen MR) is 71.4 cm³/mol. The monoisotopic (exact) mass is 313 g/mol. The highest BCUT2D eigenvalue weighted by Crippen LogP contribution is 2.25. The van der Waals surface area contributed by atoms with Crippen LogP contribution >= 0.6 is 27.5 Å². The van der Waals surface area contributed by atoms with E-state index in [0.29, 0.717) is 22.0 Å². The van der Waals surface area contributed by atoms with Gasteiger partial charge in [-0.05, 0) is 12.1 Å². The minimum absolute atomic E-state index is 0.0157. The summed E-state index contributed by atoms with van der Waals surface area (Å²) in [7, 11) is 1.51. The van der Waals surface area contributed by atoms with Crippen molar-refractivity contribution >= 4 is 44.2 Å². The molecule has 0 amide bonds. The molecule has 0 bridgehead atoms. The van der Waals surface area contributed by atoms with Crippen molar-refractivity contribution in [3.05, 3.63) is 34.9 Å². The van der Waals surface area contributed by atoms with Crippen LogP contribution in [0, 0.1) is 0 Å². The highest BCUT2D eigenvalue weighted by atomic mass is 79.9. The summed E-state index contributed by atoms with van der Waals surface area (Å²) >= 11 is 9.07. The van der Waals surface area contributed by atoms with E-state index in [1.807, 2.05) is 0 Å². The molecule has 0 atom stereocenters. The Labute approximate surface area is 112 Å². The minimum Gasteiger partial charge on any atom is -0.481 e. The molecular formula is C12H9BrClNO2. The molecular weight excluding hydrogens is 305 g/mol. The molecule has 0 unspecified atom stereocenters. The summed E-state index contributed by atoms with van der Waals surface area (Å²) in [5.41, 5.74) is 1.24. The van der Waals surface area contributed by atoms with Gasteiger partial charge in [-0.15, -0.1) is 0 Å². The van der Waals surface area contributed by atoms with Crippen molar-refractivity contribution in [3.63, 3.8) is 0 Å². The summed E-state index contributed by atoms with van der Waals surface area (Å²) in [5, 5.41) is 1.62. The van der Waals surface area contributed by atoms with Crippen molar-refractivity contribution in [1.29, 1.82) is 0 Å². The molecule has 1 heterocycles. The summed E-state index contributed by atoms with van der Waals surface area (Å²) in [4.78, 5) is 16.1. The first-order valence-electron chi connectivity index (χ1n) is 4.89. The molecule has 0 aliphatic carbocycles. The van der Waals surface area contributed by atoms with Gasteiger partial charge in [-0.1, -0.05) is 33.6 Å². The molecule has 0 aliphatic heterocycles. The van der Waals surface area contributed by atoms with E-state index in [2.05, 4.69) is 20.9 Å². The Kier molecular flexibility index (Phi) is 3.64. The molecule has 3 nitrogen and oxygen atoms in total. The number of rotatable bonds is 3. The SMILES string of the molecule is COc1cc(C(=O)CBr)c2ccc(Cl)cc2n1. The number of fused-ring (bicyclic) bond motifs is 1. The molecule has 0 spiro atoms. The number of carbonyl (C=O) groups excluding carboxylic acids is 1. The van der Waals surface area contributed by atoms with Crippen LogP contribution in [-0.4, -0.2) is 23.2 Å². The molecule has 1 aromatic heterocycles. The Morgan fingerprint density at radius 2 is 2.24 bits per heavy atom. The zero-order valence-electron chi connectivity index (χ0n) is 9.04. The maximum absolute atomic E-state index is 11.8. The number of benzene rings is 1. The Bertz CT molecular complexity index is 586. The van der Waals surface area contributed by atoms with Crippen molar-refractivity contribution in [1.82, 2.24) is 4.98 Å². The first-order chi connectivity index (χ1) is 8.15. The fraction of sp³-hybridized carbons (Fsp3) is 0.167. The second-order valence-corrected chi connectivity index (χ2v) is 4.43. The summed E-state index contributed by atoms with van der Waals surface area (Å²) in [6.45, 7) is 0. The summed E-state index contributed by atoms with van der Waals surface area (Å²) < 4.78 is 5.08. The Morgan fingerprint density at radius 3 is 2.88 bits per heavy atom. The van der Waals surface area contributed by atoms with E-state index >= 15 is 0 Å². The number of pyridine rings is 1. The molecule has 17 heavy (non-hydrogen) atoms. The van der Waals surface area contributed by atoms with Gasteiger partial charge in [0.2, 0.25) is 5.88 Å². The maximum Gasteiger partial charge on any atom is 0.214 e. The van der Waals surface area contributed by atoms with E-state index in [1.54, 1.807) is 24.3 Å². The zero-order chi connectivity index (χ0) is 12.4. The lowest BCUT2D eigenvalue weighted by Gasteiger charge is -2.07. The Balaban J connectivity index is 2.75. The molecule has 5 heteroatoms. The first kappa shape index (κ1) is 12.3. The number of ether oxygens (including phenoxy) is 1. The van der Waals surface area contributed by atoms with Crippen LogP contribution < -0.4 is 4.74 Å². The molecule has 0 fully saturated rings. The number of hydrogen-bond donors (Lipinski definition) is 0. The van der Waals surface area contributed by atoms with Crippen molar-refractivity contribution in [2.75, 3.05) is 12.4 Å². The Morgan fingerprint density at radius 1 is 1.47 bits per heavy atom. The van der Waals surface area contributed by atoms with Crippen molar-refractivity contribution < 1.29 is 9.53 Å². The lowest BCUT2D eigenvalue weighted by molar-refractivity contribution is 0.102. The smallest absolute Gasteiger partial charge is 0.214 e. The number of methoxy groups -OCH3 is 1. The fourth-order valence-corrected chi connectivity index (χ4v) is 2.05. The fourth-order valence-electron chi connectivity index (χ4n) is 1.58. The van der Waals surface area contributed by atoms with Gasteiger partial charge in [0.1, 0.15) is 0 Å². The average Bonchev–Trinajstić information content (AvgIpc) is 2.35. The van der Waals surface area contributed by atoms with Gasteiger partial charge in [-0.25, -0.2) is 4.98 Å². The van der Waals surface area contributed by atoms with Gasteiger partial charge in [0.05, 0.1) is 18.0 Å². The number of hydrogen-bond acceptors (Lipinski definition) is 3. The third kappa shape index (κ3) is 2.42. The van der Waals surface area contributed by atoms with Crippen LogP contribution in [0.1, 0.15) is 10.4 Å². The summed E-state index contributed by atoms with van der Waals surface area (Å²) in [6, 6.07) is 6.88. The standard InChI is InChI=1S/C12H9BrClNO2/c1-17-12-5-9(11(16)6-13)8-3-2-7(14)4-10(8)15-12/h2-5H,6H2,1H3. The lowest BCUT2D eigenvalue weighted by Crippen LogP contribution is -2.03. The molecule has 1 aromatic carbocycles. The molecule has 0 radical (unpaired) electrons. The number of nitrogens with zero attached hydrogens (tertiary/aromatic N) is 1. The van der Waals surface area contributed by atoms with E-state index in [0.717, 1.165) is 5.39 Å². The molecule has 0 saturated carbocycles. The Hall–Kier alpha value is -1.13. The van der Waals surface area contributed by atoms with Crippen molar-refractivity contribution in [3.8, 4) is 5.88 Å². The minimum atomic E-state index is -0.0157. The number of Topliss-reactive ketones (excluding diaryl/α,β-unsaturated/α-hetero) is 1.